The predicted octanol–water partition coefficient (Wildman–Crippen LogP) is 2.04. The summed E-state index contributed by atoms with van der Waals surface area (Å²) in [6.07, 6.45) is 0. The zero-order valence-electron chi connectivity index (χ0n) is 11.2. The third-order valence-corrected chi connectivity index (χ3v) is 2.58. The molecule has 1 amide bonds. The van der Waals surface area contributed by atoms with E-state index < -0.39 is 5.41 Å². The molecule has 0 fully saturated rings. The summed E-state index contributed by atoms with van der Waals surface area (Å²) in [5.74, 6) is 0.343. The van der Waals surface area contributed by atoms with Crippen molar-refractivity contribution < 1.29 is 14.3 Å². The maximum atomic E-state index is 11.8. The highest BCUT2D eigenvalue weighted by Gasteiger charge is 2.21. The maximum Gasteiger partial charge on any atom is 0.251 e. The van der Waals surface area contributed by atoms with Gasteiger partial charge in [0.05, 0.1) is 13.7 Å². The standard InChI is InChI=1S/C14H19NO3/c1-14(2,3)12(16)9-15-13(17)10-6-5-7-11(8-10)18-4/h5-8H,9H2,1-4H3,(H,15,17). The second kappa shape index (κ2) is 5.67. The topological polar surface area (TPSA) is 55.4 Å². The van der Waals surface area contributed by atoms with Crippen LogP contribution in [0.4, 0.5) is 0 Å². The minimum absolute atomic E-state index is 0.00116. The average molecular weight is 249 g/mol. The van der Waals surface area contributed by atoms with Crippen LogP contribution in [0.5, 0.6) is 5.75 Å². The number of benzene rings is 1. The van der Waals surface area contributed by atoms with Crippen molar-refractivity contribution in [2.45, 2.75) is 20.8 Å². The molecule has 0 aliphatic rings. The molecule has 0 radical (unpaired) electrons. The van der Waals surface area contributed by atoms with Crippen LogP contribution in [0.15, 0.2) is 24.3 Å². The first-order valence-electron chi connectivity index (χ1n) is 5.80. The second-order valence-corrected chi connectivity index (χ2v) is 5.09. The Labute approximate surface area is 107 Å². The van der Waals surface area contributed by atoms with E-state index in [-0.39, 0.29) is 18.2 Å². The molecule has 0 unspecified atom stereocenters. The molecule has 98 valence electrons. The number of hydrogen-bond acceptors (Lipinski definition) is 3. The molecule has 0 saturated heterocycles. The molecule has 0 spiro atoms. The summed E-state index contributed by atoms with van der Waals surface area (Å²) in [7, 11) is 1.54. The number of ketones is 1. The van der Waals surface area contributed by atoms with Crippen LogP contribution in [0.3, 0.4) is 0 Å². The number of hydrogen-bond donors (Lipinski definition) is 1. The van der Waals surface area contributed by atoms with Crippen LogP contribution in [0.25, 0.3) is 0 Å². The molecule has 0 heterocycles. The molecule has 1 aromatic carbocycles. The van der Waals surface area contributed by atoms with E-state index in [0.717, 1.165) is 0 Å². The third kappa shape index (κ3) is 3.87. The lowest BCUT2D eigenvalue weighted by Crippen LogP contribution is -2.35. The number of carbonyl (C=O) groups is 2. The maximum absolute atomic E-state index is 11.8. The Balaban J connectivity index is 2.63. The number of rotatable bonds is 4. The van der Waals surface area contributed by atoms with Gasteiger partial charge in [-0.1, -0.05) is 26.8 Å². The Morgan fingerprint density at radius 2 is 1.94 bits per heavy atom. The first-order valence-corrected chi connectivity index (χ1v) is 5.80. The molecule has 0 atom stereocenters. The Bertz CT molecular complexity index is 447. The summed E-state index contributed by atoms with van der Waals surface area (Å²) in [4.78, 5) is 23.5. The van der Waals surface area contributed by atoms with Crippen molar-refractivity contribution in [3.8, 4) is 5.75 Å². The molecule has 18 heavy (non-hydrogen) atoms. The van der Waals surface area contributed by atoms with E-state index in [1.165, 1.54) is 0 Å². The first kappa shape index (κ1) is 14.2. The van der Waals surface area contributed by atoms with Gasteiger partial charge in [-0.3, -0.25) is 9.59 Å². The quantitative estimate of drug-likeness (QED) is 0.888. The fourth-order valence-corrected chi connectivity index (χ4v) is 1.29. The van der Waals surface area contributed by atoms with Gasteiger partial charge in [-0.05, 0) is 18.2 Å². The van der Waals surface area contributed by atoms with Gasteiger partial charge in [0.1, 0.15) is 5.75 Å². The van der Waals surface area contributed by atoms with E-state index in [2.05, 4.69) is 5.32 Å². The average Bonchev–Trinajstić information content (AvgIpc) is 2.34. The first-order chi connectivity index (χ1) is 8.34. The highest BCUT2D eigenvalue weighted by Crippen LogP contribution is 2.14. The van der Waals surface area contributed by atoms with Gasteiger partial charge in [-0.15, -0.1) is 0 Å². The number of methoxy groups -OCH3 is 1. The van der Waals surface area contributed by atoms with Crippen LogP contribution in [0.1, 0.15) is 31.1 Å². The SMILES string of the molecule is COc1cccc(C(=O)NCC(=O)C(C)(C)C)c1. The monoisotopic (exact) mass is 249 g/mol. The van der Waals surface area contributed by atoms with Gasteiger partial charge >= 0.3 is 0 Å². The van der Waals surface area contributed by atoms with E-state index in [1.807, 2.05) is 20.8 Å². The lowest BCUT2D eigenvalue weighted by atomic mass is 9.91. The number of amides is 1. The van der Waals surface area contributed by atoms with Gasteiger partial charge in [-0.25, -0.2) is 0 Å². The zero-order valence-corrected chi connectivity index (χ0v) is 11.2. The molecule has 0 aliphatic carbocycles. The molecule has 0 aliphatic heterocycles. The highest BCUT2D eigenvalue weighted by atomic mass is 16.5. The van der Waals surface area contributed by atoms with E-state index >= 15 is 0 Å². The largest absolute Gasteiger partial charge is 0.497 e. The van der Waals surface area contributed by atoms with Gasteiger partial charge in [-0.2, -0.15) is 0 Å². The summed E-state index contributed by atoms with van der Waals surface area (Å²) < 4.78 is 5.04. The lowest BCUT2D eigenvalue weighted by Gasteiger charge is -2.16. The van der Waals surface area contributed by atoms with Crippen LogP contribution in [-0.4, -0.2) is 25.3 Å². The number of Topliss-reactive ketones (excluding diaryl/α,β-unsaturated/α-hetero) is 1. The number of nitrogens with one attached hydrogen (secondary N) is 1. The molecule has 4 nitrogen and oxygen atoms in total. The molecule has 4 heteroatoms. The van der Waals surface area contributed by atoms with Crippen LogP contribution >= 0.6 is 0 Å². The minimum Gasteiger partial charge on any atom is -0.497 e. The Hall–Kier alpha value is -1.84. The van der Waals surface area contributed by atoms with Crippen LogP contribution < -0.4 is 10.1 Å². The molecule has 0 saturated carbocycles. The molecular weight excluding hydrogens is 230 g/mol. The molecule has 1 N–H and O–H groups in total. The van der Waals surface area contributed by atoms with Crippen molar-refractivity contribution in [2.75, 3.05) is 13.7 Å². The van der Waals surface area contributed by atoms with Crippen molar-refractivity contribution in [3.05, 3.63) is 29.8 Å². The van der Waals surface area contributed by atoms with Crippen LogP contribution in [-0.2, 0) is 4.79 Å². The van der Waals surface area contributed by atoms with E-state index in [0.29, 0.717) is 11.3 Å². The lowest BCUT2D eigenvalue weighted by molar-refractivity contribution is -0.125. The predicted molar refractivity (Wildman–Crippen MR) is 69.8 cm³/mol. The fraction of sp³-hybridized carbons (Fsp3) is 0.429. The summed E-state index contributed by atoms with van der Waals surface area (Å²) in [5.41, 5.74) is 0.0397. The van der Waals surface area contributed by atoms with Gasteiger partial charge in [0.25, 0.3) is 5.91 Å². The summed E-state index contributed by atoms with van der Waals surface area (Å²) >= 11 is 0. The Kier molecular flexibility index (Phi) is 4.48. The summed E-state index contributed by atoms with van der Waals surface area (Å²) in [6, 6.07) is 6.81. The molecule has 1 aromatic rings. The molecular formula is C14H19NO3. The number of ether oxygens (including phenoxy) is 1. The zero-order chi connectivity index (χ0) is 13.8. The van der Waals surface area contributed by atoms with E-state index in [4.69, 9.17) is 4.74 Å². The van der Waals surface area contributed by atoms with E-state index in [9.17, 15) is 9.59 Å². The Morgan fingerprint density at radius 1 is 1.28 bits per heavy atom. The minimum atomic E-state index is -0.443. The third-order valence-electron chi connectivity index (χ3n) is 2.58. The van der Waals surface area contributed by atoms with Crippen LogP contribution in [0, 0.1) is 5.41 Å². The normalized spacial score (nSPS) is 10.9. The second-order valence-electron chi connectivity index (χ2n) is 5.09. The molecule has 0 bridgehead atoms. The van der Waals surface area contributed by atoms with Gasteiger partial charge < -0.3 is 10.1 Å². The highest BCUT2D eigenvalue weighted by molar-refractivity contribution is 5.97. The van der Waals surface area contributed by atoms with E-state index in [1.54, 1.807) is 31.4 Å². The number of carbonyl (C=O) groups excluding carboxylic acids is 2. The fourth-order valence-electron chi connectivity index (χ4n) is 1.29. The summed E-state index contributed by atoms with van der Waals surface area (Å²) in [5, 5.41) is 2.61. The van der Waals surface area contributed by atoms with Gasteiger partial charge in [0.15, 0.2) is 5.78 Å². The van der Waals surface area contributed by atoms with Crippen molar-refractivity contribution in [2.24, 2.45) is 5.41 Å². The van der Waals surface area contributed by atoms with Crippen LogP contribution in [0.2, 0.25) is 0 Å². The van der Waals surface area contributed by atoms with Crippen molar-refractivity contribution in [1.29, 1.82) is 0 Å². The van der Waals surface area contributed by atoms with Crippen molar-refractivity contribution in [3.63, 3.8) is 0 Å². The summed E-state index contributed by atoms with van der Waals surface area (Å²) in [6.45, 7) is 5.52. The van der Waals surface area contributed by atoms with Crippen molar-refractivity contribution >= 4 is 11.7 Å². The molecule has 1 rings (SSSR count). The smallest absolute Gasteiger partial charge is 0.251 e. The van der Waals surface area contributed by atoms with Crippen molar-refractivity contribution in [1.82, 2.24) is 5.32 Å². The van der Waals surface area contributed by atoms with Gasteiger partial charge in [0.2, 0.25) is 0 Å². The van der Waals surface area contributed by atoms with Gasteiger partial charge in [0, 0.05) is 11.0 Å². The Morgan fingerprint density at radius 3 is 2.50 bits per heavy atom. The molecule has 0 aromatic heterocycles.